The molecule has 1 atom stereocenters. The number of nitrogens with zero attached hydrogens (tertiary/aromatic N) is 1. The third kappa shape index (κ3) is 3.35. The molecule has 2 aliphatic rings. The fourth-order valence-electron chi connectivity index (χ4n) is 3.70. The van der Waals surface area contributed by atoms with Gasteiger partial charge in [0.1, 0.15) is 0 Å². The zero-order chi connectivity index (χ0) is 13.8. The minimum atomic E-state index is 0.663. The zero-order valence-corrected chi connectivity index (χ0v) is 12.8. The molecule has 0 aromatic heterocycles. The van der Waals surface area contributed by atoms with Crippen LogP contribution in [0.5, 0.6) is 0 Å². The summed E-state index contributed by atoms with van der Waals surface area (Å²) in [5, 5.41) is 3.72. The molecule has 110 valence electrons. The van der Waals surface area contributed by atoms with E-state index < -0.39 is 0 Å². The van der Waals surface area contributed by atoms with Gasteiger partial charge < -0.3 is 10.2 Å². The van der Waals surface area contributed by atoms with E-state index in [0.717, 1.165) is 12.5 Å². The van der Waals surface area contributed by atoms with Crippen LogP contribution in [0, 0.1) is 5.92 Å². The summed E-state index contributed by atoms with van der Waals surface area (Å²) in [6.07, 6.45) is 8.40. The molecule has 1 aliphatic carbocycles. The first-order valence-corrected chi connectivity index (χ1v) is 8.40. The molecule has 0 unspecified atom stereocenters. The Bertz CT molecular complexity index is 400. The molecule has 2 nitrogen and oxygen atoms in total. The van der Waals surface area contributed by atoms with Gasteiger partial charge in [0.05, 0.1) is 0 Å². The van der Waals surface area contributed by atoms with Gasteiger partial charge in [-0.1, -0.05) is 25.0 Å². The van der Waals surface area contributed by atoms with E-state index in [1.807, 2.05) is 0 Å². The second-order valence-electron chi connectivity index (χ2n) is 6.57. The molecule has 1 aliphatic heterocycles. The van der Waals surface area contributed by atoms with E-state index in [-0.39, 0.29) is 0 Å². The van der Waals surface area contributed by atoms with Gasteiger partial charge in [0.15, 0.2) is 0 Å². The monoisotopic (exact) mass is 272 g/mol. The van der Waals surface area contributed by atoms with Gasteiger partial charge >= 0.3 is 0 Å². The first kappa shape index (κ1) is 13.9. The lowest BCUT2D eigenvalue weighted by Gasteiger charge is -2.21. The molecule has 0 spiro atoms. The fraction of sp³-hybridized carbons (Fsp3) is 0.667. The van der Waals surface area contributed by atoms with Crippen LogP contribution in [0.3, 0.4) is 0 Å². The van der Waals surface area contributed by atoms with Gasteiger partial charge in [-0.15, -0.1) is 0 Å². The number of hydrogen-bond acceptors (Lipinski definition) is 2. The SMILES string of the molecule is C[C@@H](NCc1ccc(N2CCCC2)cc1)C1CCCC1. The van der Waals surface area contributed by atoms with Gasteiger partial charge in [0, 0.05) is 31.4 Å². The normalized spacial score (nSPS) is 21.6. The molecule has 1 heterocycles. The Morgan fingerprint density at radius 3 is 2.35 bits per heavy atom. The molecule has 0 radical (unpaired) electrons. The van der Waals surface area contributed by atoms with Gasteiger partial charge in [-0.25, -0.2) is 0 Å². The number of anilines is 1. The van der Waals surface area contributed by atoms with Crippen molar-refractivity contribution in [2.45, 2.75) is 58.0 Å². The molecule has 0 amide bonds. The van der Waals surface area contributed by atoms with Crippen LogP contribution in [-0.4, -0.2) is 19.1 Å². The van der Waals surface area contributed by atoms with Gasteiger partial charge in [-0.2, -0.15) is 0 Å². The van der Waals surface area contributed by atoms with Crippen LogP contribution in [0.15, 0.2) is 24.3 Å². The highest BCUT2D eigenvalue weighted by atomic mass is 15.1. The summed E-state index contributed by atoms with van der Waals surface area (Å²) in [4.78, 5) is 2.50. The lowest BCUT2D eigenvalue weighted by atomic mass is 9.99. The topological polar surface area (TPSA) is 15.3 Å². The molecule has 1 N–H and O–H groups in total. The van der Waals surface area contributed by atoms with E-state index in [0.29, 0.717) is 6.04 Å². The number of nitrogens with one attached hydrogen (secondary N) is 1. The van der Waals surface area contributed by atoms with Crippen molar-refractivity contribution in [3.8, 4) is 0 Å². The second-order valence-corrected chi connectivity index (χ2v) is 6.57. The van der Waals surface area contributed by atoms with E-state index in [4.69, 9.17) is 0 Å². The summed E-state index contributed by atoms with van der Waals surface area (Å²) in [6, 6.07) is 9.84. The Kier molecular flexibility index (Phi) is 4.62. The first-order chi connectivity index (χ1) is 9.83. The number of benzene rings is 1. The quantitative estimate of drug-likeness (QED) is 0.873. The molecule has 0 bridgehead atoms. The minimum absolute atomic E-state index is 0.663. The minimum Gasteiger partial charge on any atom is -0.372 e. The maximum atomic E-state index is 3.72. The van der Waals surface area contributed by atoms with Crippen LogP contribution in [0.4, 0.5) is 5.69 Å². The maximum Gasteiger partial charge on any atom is 0.0366 e. The van der Waals surface area contributed by atoms with Crippen LogP contribution in [0.25, 0.3) is 0 Å². The van der Waals surface area contributed by atoms with Crippen LogP contribution in [0.1, 0.15) is 51.0 Å². The largest absolute Gasteiger partial charge is 0.372 e. The van der Waals surface area contributed by atoms with Gasteiger partial charge in [0.2, 0.25) is 0 Å². The van der Waals surface area contributed by atoms with E-state index in [1.54, 1.807) is 0 Å². The Morgan fingerprint density at radius 2 is 1.70 bits per heavy atom. The molecule has 2 fully saturated rings. The Balaban J connectivity index is 1.50. The first-order valence-electron chi connectivity index (χ1n) is 8.40. The zero-order valence-electron chi connectivity index (χ0n) is 12.8. The standard InChI is InChI=1S/C18H28N2/c1-15(17-6-2-3-7-17)19-14-16-8-10-18(11-9-16)20-12-4-5-13-20/h8-11,15,17,19H,2-7,12-14H2,1H3/t15-/m1/s1. The molecule has 2 heteroatoms. The van der Waals surface area contributed by atoms with E-state index in [1.165, 1.54) is 62.9 Å². The highest BCUT2D eigenvalue weighted by Gasteiger charge is 2.20. The summed E-state index contributed by atoms with van der Waals surface area (Å²) < 4.78 is 0. The molecule has 20 heavy (non-hydrogen) atoms. The van der Waals surface area contributed by atoms with Gasteiger partial charge in [0.25, 0.3) is 0 Å². The average molecular weight is 272 g/mol. The van der Waals surface area contributed by atoms with Crippen molar-refractivity contribution in [1.82, 2.24) is 5.32 Å². The van der Waals surface area contributed by atoms with Crippen molar-refractivity contribution in [2.75, 3.05) is 18.0 Å². The van der Waals surface area contributed by atoms with Gasteiger partial charge in [-0.05, 0) is 56.2 Å². The predicted octanol–water partition coefficient (Wildman–Crippen LogP) is 3.96. The Morgan fingerprint density at radius 1 is 1.05 bits per heavy atom. The molecular formula is C18H28N2. The summed E-state index contributed by atoms with van der Waals surface area (Å²) >= 11 is 0. The Labute approximate surface area is 123 Å². The number of hydrogen-bond donors (Lipinski definition) is 1. The molecular weight excluding hydrogens is 244 g/mol. The van der Waals surface area contributed by atoms with E-state index in [9.17, 15) is 0 Å². The Hall–Kier alpha value is -1.02. The summed E-state index contributed by atoms with van der Waals surface area (Å²) in [5.41, 5.74) is 2.81. The average Bonchev–Trinajstić information content (AvgIpc) is 3.18. The molecule has 1 saturated heterocycles. The van der Waals surface area contributed by atoms with Crippen LogP contribution < -0.4 is 10.2 Å². The van der Waals surface area contributed by atoms with E-state index >= 15 is 0 Å². The van der Waals surface area contributed by atoms with Gasteiger partial charge in [-0.3, -0.25) is 0 Å². The van der Waals surface area contributed by atoms with Crippen LogP contribution in [-0.2, 0) is 6.54 Å². The maximum absolute atomic E-state index is 3.72. The predicted molar refractivity (Wildman–Crippen MR) is 86.1 cm³/mol. The van der Waals surface area contributed by atoms with Crippen molar-refractivity contribution in [1.29, 1.82) is 0 Å². The third-order valence-corrected chi connectivity index (χ3v) is 5.14. The fourth-order valence-corrected chi connectivity index (χ4v) is 3.70. The van der Waals surface area contributed by atoms with Crippen molar-refractivity contribution in [3.63, 3.8) is 0 Å². The summed E-state index contributed by atoms with van der Waals surface area (Å²) in [7, 11) is 0. The van der Waals surface area contributed by atoms with E-state index in [2.05, 4.69) is 41.4 Å². The van der Waals surface area contributed by atoms with Crippen molar-refractivity contribution in [2.24, 2.45) is 5.92 Å². The molecule has 1 saturated carbocycles. The molecule has 1 aromatic carbocycles. The van der Waals surface area contributed by atoms with Crippen molar-refractivity contribution in [3.05, 3.63) is 29.8 Å². The third-order valence-electron chi connectivity index (χ3n) is 5.14. The molecule has 1 aromatic rings. The summed E-state index contributed by atoms with van der Waals surface area (Å²) in [5.74, 6) is 0.902. The highest BCUT2D eigenvalue weighted by molar-refractivity contribution is 5.48. The lowest BCUT2D eigenvalue weighted by Crippen LogP contribution is -2.31. The highest BCUT2D eigenvalue weighted by Crippen LogP contribution is 2.27. The lowest BCUT2D eigenvalue weighted by molar-refractivity contribution is 0.380. The number of rotatable bonds is 5. The van der Waals surface area contributed by atoms with Crippen LogP contribution in [0.2, 0.25) is 0 Å². The molecule has 3 rings (SSSR count). The summed E-state index contributed by atoms with van der Waals surface area (Å²) in [6.45, 7) is 5.83. The van der Waals surface area contributed by atoms with Crippen molar-refractivity contribution < 1.29 is 0 Å². The second kappa shape index (κ2) is 6.62. The smallest absolute Gasteiger partial charge is 0.0366 e. The van der Waals surface area contributed by atoms with Crippen LogP contribution >= 0.6 is 0 Å². The van der Waals surface area contributed by atoms with Crippen molar-refractivity contribution >= 4 is 5.69 Å².